The van der Waals surface area contributed by atoms with Gasteiger partial charge < -0.3 is 10.1 Å². The highest BCUT2D eigenvalue weighted by molar-refractivity contribution is 6.21. The highest BCUT2D eigenvalue weighted by Crippen LogP contribution is 2.22. The number of nitrogens with zero attached hydrogens (tertiary/aromatic N) is 1. The Kier molecular flexibility index (Phi) is 5.68. The first kappa shape index (κ1) is 17.7. The van der Waals surface area contributed by atoms with Crippen molar-refractivity contribution in [1.82, 2.24) is 10.2 Å². The van der Waals surface area contributed by atoms with Crippen molar-refractivity contribution in [2.24, 2.45) is 5.92 Å². The van der Waals surface area contributed by atoms with Crippen molar-refractivity contribution in [3.63, 3.8) is 0 Å². The normalized spacial score (nSPS) is 13.2. The molecule has 1 aromatic carbocycles. The molecule has 0 saturated heterocycles. The lowest BCUT2D eigenvalue weighted by molar-refractivity contribution is -0.148. The quantitative estimate of drug-likeness (QED) is 0.594. The molecule has 0 saturated carbocycles. The molecule has 0 aliphatic carbocycles. The van der Waals surface area contributed by atoms with Crippen LogP contribution in [0.3, 0.4) is 0 Å². The minimum Gasteiger partial charge on any atom is -0.456 e. The van der Waals surface area contributed by atoms with E-state index < -0.39 is 17.8 Å². The lowest BCUT2D eigenvalue weighted by Crippen LogP contribution is -2.34. The van der Waals surface area contributed by atoms with Crippen LogP contribution in [0.4, 0.5) is 0 Å². The first-order valence-electron chi connectivity index (χ1n) is 7.77. The van der Waals surface area contributed by atoms with Gasteiger partial charge in [0, 0.05) is 13.1 Å². The molecule has 1 aliphatic rings. The third-order valence-electron chi connectivity index (χ3n) is 3.49. The Morgan fingerprint density at radius 3 is 2.25 bits per heavy atom. The predicted octanol–water partition coefficient (Wildman–Crippen LogP) is 0.988. The average molecular weight is 332 g/mol. The van der Waals surface area contributed by atoms with E-state index in [-0.39, 0.29) is 25.5 Å². The summed E-state index contributed by atoms with van der Waals surface area (Å²) in [6, 6.07) is 6.51. The van der Waals surface area contributed by atoms with Crippen LogP contribution >= 0.6 is 0 Å². The number of imide groups is 1. The minimum absolute atomic E-state index is 0.0706. The molecular weight excluding hydrogens is 312 g/mol. The van der Waals surface area contributed by atoms with Crippen molar-refractivity contribution in [2.45, 2.75) is 20.3 Å². The first-order chi connectivity index (χ1) is 11.4. The first-order valence-corrected chi connectivity index (χ1v) is 7.77. The molecule has 0 aromatic heterocycles. The maximum Gasteiger partial charge on any atom is 0.308 e. The van der Waals surface area contributed by atoms with Crippen molar-refractivity contribution < 1.29 is 23.9 Å². The van der Waals surface area contributed by atoms with Crippen LogP contribution in [0.15, 0.2) is 24.3 Å². The number of hydrogen-bond acceptors (Lipinski definition) is 5. The molecule has 24 heavy (non-hydrogen) atoms. The zero-order valence-corrected chi connectivity index (χ0v) is 13.7. The van der Waals surface area contributed by atoms with Gasteiger partial charge in [-0.1, -0.05) is 26.0 Å². The zero-order chi connectivity index (χ0) is 17.7. The van der Waals surface area contributed by atoms with E-state index in [0.29, 0.717) is 23.6 Å². The van der Waals surface area contributed by atoms with Gasteiger partial charge in [0.05, 0.1) is 17.5 Å². The lowest BCUT2D eigenvalue weighted by Gasteiger charge is -2.13. The van der Waals surface area contributed by atoms with E-state index in [0.717, 1.165) is 4.90 Å². The summed E-state index contributed by atoms with van der Waals surface area (Å²) in [5.41, 5.74) is 0.674. The zero-order valence-electron chi connectivity index (χ0n) is 13.7. The summed E-state index contributed by atoms with van der Waals surface area (Å²) in [7, 11) is 0. The smallest absolute Gasteiger partial charge is 0.308 e. The summed E-state index contributed by atoms with van der Waals surface area (Å²) in [5, 5.41) is 2.63. The standard InChI is InChI=1S/C17H20N2O5/c1-11(2)9-18-14(20)10-24-15(21)7-8-19-16(22)12-5-3-4-6-13(12)17(19)23/h3-6,11H,7-10H2,1-2H3,(H,18,20). The molecule has 0 spiro atoms. The van der Waals surface area contributed by atoms with Crippen LogP contribution < -0.4 is 5.32 Å². The van der Waals surface area contributed by atoms with E-state index >= 15 is 0 Å². The third-order valence-corrected chi connectivity index (χ3v) is 3.49. The predicted molar refractivity (Wildman–Crippen MR) is 85.2 cm³/mol. The number of benzene rings is 1. The maximum absolute atomic E-state index is 12.1. The van der Waals surface area contributed by atoms with Gasteiger partial charge in [-0.15, -0.1) is 0 Å². The Bertz CT molecular complexity index is 634. The van der Waals surface area contributed by atoms with E-state index in [9.17, 15) is 19.2 Å². The fourth-order valence-corrected chi connectivity index (χ4v) is 2.23. The Hall–Kier alpha value is -2.70. The fraction of sp³-hybridized carbons (Fsp3) is 0.412. The molecular formula is C17H20N2O5. The fourth-order valence-electron chi connectivity index (χ4n) is 2.23. The van der Waals surface area contributed by atoms with Gasteiger partial charge >= 0.3 is 5.97 Å². The monoisotopic (exact) mass is 332 g/mol. The van der Waals surface area contributed by atoms with Gasteiger partial charge in [0.15, 0.2) is 6.61 Å². The molecule has 1 N–H and O–H groups in total. The second-order valence-electron chi connectivity index (χ2n) is 5.92. The minimum atomic E-state index is -0.633. The SMILES string of the molecule is CC(C)CNC(=O)COC(=O)CCN1C(=O)c2ccccc2C1=O. The van der Waals surface area contributed by atoms with Crippen LogP contribution in [-0.2, 0) is 14.3 Å². The van der Waals surface area contributed by atoms with Gasteiger partial charge in [-0.2, -0.15) is 0 Å². The number of hydrogen-bond donors (Lipinski definition) is 1. The average Bonchev–Trinajstić information content (AvgIpc) is 2.80. The van der Waals surface area contributed by atoms with Crippen LogP contribution in [-0.4, -0.2) is 48.3 Å². The van der Waals surface area contributed by atoms with Crippen molar-refractivity contribution >= 4 is 23.7 Å². The van der Waals surface area contributed by atoms with Gasteiger partial charge in [-0.25, -0.2) is 0 Å². The molecule has 2 rings (SSSR count). The lowest BCUT2D eigenvalue weighted by atomic mass is 10.1. The van der Waals surface area contributed by atoms with Gasteiger partial charge in [0.2, 0.25) is 0 Å². The summed E-state index contributed by atoms with van der Waals surface area (Å²) >= 11 is 0. The summed E-state index contributed by atoms with van der Waals surface area (Å²) < 4.78 is 4.84. The number of fused-ring (bicyclic) bond motifs is 1. The number of rotatable bonds is 7. The summed E-state index contributed by atoms with van der Waals surface area (Å²) in [4.78, 5) is 48.4. The number of nitrogens with one attached hydrogen (secondary N) is 1. The molecule has 0 unspecified atom stereocenters. The van der Waals surface area contributed by atoms with Gasteiger partial charge in [-0.05, 0) is 18.1 Å². The van der Waals surface area contributed by atoms with Gasteiger partial charge in [-0.3, -0.25) is 24.1 Å². The highest BCUT2D eigenvalue weighted by Gasteiger charge is 2.35. The van der Waals surface area contributed by atoms with E-state index in [2.05, 4.69) is 5.32 Å². The summed E-state index contributed by atoms with van der Waals surface area (Å²) in [6.07, 6.45) is -0.150. The van der Waals surface area contributed by atoms with E-state index in [1.165, 1.54) is 0 Å². The van der Waals surface area contributed by atoms with Crippen molar-refractivity contribution in [1.29, 1.82) is 0 Å². The molecule has 1 aromatic rings. The molecule has 0 fully saturated rings. The third kappa shape index (κ3) is 4.18. The van der Waals surface area contributed by atoms with Crippen molar-refractivity contribution in [3.05, 3.63) is 35.4 Å². The molecule has 1 heterocycles. The largest absolute Gasteiger partial charge is 0.456 e. The Labute approximate surface area is 140 Å². The second kappa shape index (κ2) is 7.72. The number of carbonyl (C=O) groups is 4. The van der Waals surface area contributed by atoms with Crippen LogP contribution in [0.1, 0.15) is 41.0 Å². The Morgan fingerprint density at radius 2 is 1.71 bits per heavy atom. The van der Waals surface area contributed by atoms with Crippen molar-refractivity contribution in [2.75, 3.05) is 19.7 Å². The number of amides is 3. The second-order valence-corrected chi connectivity index (χ2v) is 5.92. The topological polar surface area (TPSA) is 92.8 Å². The number of carbonyl (C=O) groups excluding carboxylic acids is 4. The Balaban J connectivity index is 1.78. The van der Waals surface area contributed by atoms with Gasteiger partial charge in [0.25, 0.3) is 17.7 Å². The van der Waals surface area contributed by atoms with Crippen LogP contribution in [0.5, 0.6) is 0 Å². The van der Waals surface area contributed by atoms with E-state index in [1.54, 1.807) is 24.3 Å². The molecule has 7 heteroatoms. The molecule has 0 atom stereocenters. The number of ether oxygens (including phenoxy) is 1. The molecule has 0 radical (unpaired) electrons. The van der Waals surface area contributed by atoms with Crippen LogP contribution in [0.2, 0.25) is 0 Å². The van der Waals surface area contributed by atoms with Crippen LogP contribution in [0, 0.1) is 5.92 Å². The summed E-state index contributed by atoms with van der Waals surface area (Å²) in [6.45, 7) is 3.97. The Morgan fingerprint density at radius 1 is 1.12 bits per heavy atom. The summed E-state index contributed by atoms with van der Waals surface area (Å²) in [5.74, 6) is -1.54. The van der Waals surface area contributed by atoms with E-state index in [4.69, 9.17) is 4.74 Å². The molecule has 1 aliphatic heterocycles. The van der Waals surface area contributed by atoms with Gasteiger partial charge in [0.1, 0.15) is 0 Å². The number of esters is 1. The van der Waals surface area contributed by atoms with E-state index in [1.807, 2.05) is 13.8 Å². The maximum atomic E-state index is 12.1. The molecule has 3 amide bonds. The van der Waals surface area contributed by atoms with Crippen molar-refractivity contribution in [3.8, 4) is 0 Å². The molecule has 128 valence electrons. The molecule has 7 nitrogen and oxygen atoms in total. The highest BCUT2D eigenvalue weighted by atomic mass is 16.5. The molecule has 0 bridgehead atoms. The van der Waals surface area contributed by atoms with Crippen LogP contribution in [0.25, 0.3) is 0 Å².